The molecule has 0 fully saturated rings. The van der Waals surface area contributed by atoms with Crippen LogP contribution in [0.1, 0.15) is 11.3 Å². The predicted octanol–water partition coefficient (Wildman–Crippen LogP) is 0.842. The molecule has 0 aromatic carbocycles. The highest BCUT2D eigenvalue weighted by molar-refractivity contribution is 5.23. The highest BCUT2D eigenvalue weighted by atomic mass is 15.3. The van der Waals surface area contributed by atoms with Crippen molar-refractivity contribution >= 4 is 0 Å². The zero-order chi connectivity index (χ0) is 9.97. The summed E-state index contributed by atoms with van der Waals surface area (Å²) in [6.07, 6.45) is 6.52. The van der Waals surface area contributed by atoms with E-state index in [-0.39, 0.29) is 0 Å². The van der Waals surface area contributed by atoms with E-state index in [4.69, 9.17) is 5.26 Å². The van der Waals surface area contributed by atoms with E-state index in [1.165, 1.54) is 12.4 Å². The second kappa shape index (κ2) is 3.26. The Bertz CT molecular complexity index is 477. The Hall–Kier alpha value is -2.22. The van der Waals surface area contributed by atoms with E-state index >= 15 is 0 Å². The van der Waals surface area contributed by atoms with Gasteiger partial charge in [0.05, 0.1) is 18.6 Å². The molecule has 0 atom stereocenters. The summed E-state index contributed by atoms with van der Waals surface area (Å²) in [5.41, 5.74) is 1.36. The van der Waals surface area contributed by atoms with Gasteiger partial charge in [0, 0.05) is 6.20 Å². The van der Waals surface area contributed by atoms with Gasteiger partial charge in [0.2, 0.25) is 0 Å². The Kier molecular flexibility index (Phi) is 1.95. The van der Waals surface area contributed by atoms with Gasteiger partial charge in [-0.1, -0.05) is 0 Å². The summed E-state index contributed by atoms with van der Waals surface area (Å²) in [6.45, 7) is 1.95. The van der Waals surface area contributed by atoms with Crippen molar-refractivity contribution in [2.24, 2.45) is 0 Å². The van der Waals surface area contributed by atoms with Crippen molar-refractivity contribution in [1.29, 1.82) is 5.26 Å². The monoisotopic (exact) mass is 185 g/mol. The standard InChI is InChI=1S/C9H7N5/c1-7-3-13-14(6-7)9-5-11-8(2-10)4-12-9/h3-6H,1H3. The summed E-state index contributed by atoms with van der Waals surface area (Å²) in [5, 5.41) is 12.6. The molecule has 0 aliphatic rings. The largest absolute Gasteiger partial charge is 0.240 e. The fourth-order valence-corrected chi connectivity index (χ4v) is 1.04. The highest BCUT2D eigenvalue weighted by Crippen LogP contribution is 2.02. The van der Waals surface area contributed by atoms with Gasteiger partial charge in [-0.25, -0.2) is 14.6 Å². The van der Waals surface area contributed by atoms with Crippen molar-refractivity contribution < 1.29 is 0 Å². The Morgan fingerprint density at radius 1 is 1.29 bits per heavy atom. The molecule has 0 saturated carbocycles. The highest BCUT2D eigenvalue weighted by Gasteiger charge is 2.00. The third-order valence-corrected chi connectivity index (χ3v) is 1.70. The number of aryl methyl sites for hydroxylation is 1. The van der Waals surface area contributed by atoms with Crippen molar-refractivity contribution in [2.75, 3.05) is 0 Å². The summed E-state index contributed by atoms with van der Waals surface area (Å²) in [6, 6.07) is 1.91. The van der Waals surface area contributed by atoms with Gasteiger partial charge in [-0.15, -0.1) is 0 Å². The zero-order valence-electron chi connectivity index (χ0n) is 7.55. The van der Waals surface area contributed by atoms with Crippen LogP contribution in [0, 0.1) is 18.3 Å². The zero-order valence-corrected chi connectivity index (χ0v) is 7.55. The van der Waals surface area contributed by atoms with E-state index < -0.39 is 0 Å². The van der Waals surface area contributed by atoms with Crippen molar-refractivity contribution in [3.63, 3.8) is 0 Å². The topological polar surface area (TPSA) is 67.4 Å². The Morgan fingerprint density at radius 3 is 2.64 bits per heavy atom. The third-order valence-electron chi connectivity index (χ3n) is 1.70. The van der Waals surface area contributed by atoms with Gasteiger partial charge in [0.1, 0.15) is 6.07 Å². The first-order valence-corrected chi connectivity index (χ1v) is 4.03. The first-order chi connectivity index (χ1) is 6.79. The normalized spacial score (nSPS) is 9.71. The van der Waals surface area contributed by atoms with Crippen LogP contribution in [0.2, 0.25) is 0 Å². The van der Waals surface area contributed by atoms with Crippen LogP contribution in [0.15, 0.2) is 24.8 Å². The van der Waals surface area contributed by atoms with Crippen LogP contribution in [0.3, 0.4) is 0 Å². The molecule has 68 valence electrons. The van der Waals surface area contributed by atoms with Gasteiger partial charge < -0.3 is 0 Å². The Morgan fingerprint density at radius 2 is 2.14 bits per heavy atom. The van der Waals surface area contributed by atoms with Crippen LogP contribution in [0.4, 0.5) is 0 Å². The van der Waals surface area contributed by atoms with Gasteiger partial charge in [0.15, 0.2) is 11.5 Å². The summed E-state index contributed by atoms with van der Waals surface area (Å²) < 4.78 is 1.61. The van der Waals surface area contributed by atoms with E-state index in [1.54, 1.807) is 10.9 Å². The molecule has 0 spiro atoms. The first-order valence-electron chi connectivity index (χ1n) is 4.03. The van der Waals surface area contributed by atoms with E-state index in [0.29, 0.717) is 11.5 Å². The number of hydrogen-bond acceptors (Lipinski definition) is 4. The molecule has 2 heterocycles. The predicted molar refractivity (Wildman–Crippen MR) is 48.6 cm³/mol. The molecule has 0 amide bonds. The molecule has 5 nitrogen and oxygen atoms in total. The van der Waals surface area contributed by atoms with Crippen molar-refractivity contribution in [1.82, 2.24) is 19.7 Å². The molecule has 2 rings (SSSR count). The smallest absolute Gasteiger partial charge is 0.171 e. The maximum absolute atomic E-state index is 8.53. The van der Waals surface area contributed by atoms with Crippen LogP contribution >= 0.6 is 0 Å². The van der Waals surface area contributed by atoms with E-state index in [2.05, 4.69) is 15.1 Å². The summed E-state index contributed by atoms with van der Waals surface area (Å²) in [5.74, 6) is 0.608. The molecule has 2 aromatic rings. The minimum atomic E-state index is 0.303. The van der Waals surface area contributed by atoms with Gasteiger partial charge in [-0.2, -0.15) is 10.4 Å². The van der Waals surface area contributed by atoms with E-state index in [1.807, 2.05) is 19.2 Å². The number of rotatable bonds is 1. The summed E-state index contributed by atoms with van der Waals surface area (Å²) >= 11 is 0. The number of aromatic nitrogens is 4. The van der Waals surface area contributed by atoms with Crippen molar-refractivity contribution in [3.8, 4) is 11.9 Å². The van der Waals surface area contributed by atoms with Gasteiger partial charge >= 0.3 is 0 Å². The van der Waals surface area contributed by atoms with Gasteiger partial charge in [-0.05, 0) is 12.5 Å². The molecule has 0 unspecified atom stereocenters. The molecule has 0 N–H and O–H groups in total. The molecule has 0 aliphatic heterocycles. The summed E-state index contributed by atoms with van der Waals surface area (Å²) in [4.78, 5) is 7.95. The second-order valence-corrected chi connectivity index (χ2v) is 2.83. The maximum atomic E-state index is 8.53. The number of hydrogen-bond donors (Lipinski definition) is 0. The molecule has 0 radical (unpaired) electrons. The lowest BCUT2D eigenvalue weighted by atomic mass is 10.4. The molecule has 0 bridgehead atoms. The molecule has 14 heavy (non-hydrogen) atoms. The quantitative estimate of drug-likeness (QED) is 0.660. The molecule has 0 aliphatic carbocycles. The Labute approximate surface area is 80.7 Å². The SMILES string of the molecule is Cc1cnn(-c2cnc(C#N)cn2)c1. The average Bonchev–Trinajstić information content (AvgIpc) is 2.65. The van der Waals surface area contributed by atoms with Crippen LogP contribution in [-0.4, -0.2) is 19.7 Å². The van der Waals surface area contributed by atoms with Crippen LogP contribution in [-0.2, 0) is 0 Å². The van der Waals surface area contributed by atoms with Crippen molar-refractivity contribution in [2.45, 2.75) is 6.92 Å². The minimum absolute atomic E-state index is 0.303. The minimum Gasteiger partial charge on any atom is -0.240 e. The number of nitriles is 1. The average molecular weight is 185 g/mol. The van der Waals surface area contributed by atoms with Gasteiger partial charge in [-0.3, -0.25) is 0 Å². The first kappa shape index (κ1) is 8.38. The molecular weight excluding hydrogens is 178 g/mol. The van der Waals surface area contributed by atoms with Gasteiger partial charge in [0.25, 0.3) is 0 Å². The summed E-state index contributed by atoms with van der Waals surface area (Å²) in [7, 11) is 0. The van der Waals surface area contributed by atoms with Crippen LogP contribution in [0.25, 0.3) is 5.82 Å². The van der Waals surface area contributed by atoms with Crippen LogP contribution < -0.4 is 0 Å². The maximum Gasteiger partial charge on any atom is 0.171 e. The van der Waals surface area contributed by atoms with Crippen LogP contribution in [0.5, 0.6) is 0 Å². The number of nitrogens with zero attached hydrogens (tertiary/aromatic N) is 5. The molecule has 0 saturated heterocycles. The lowest BCUT2D eigenvalue weighted by molar-refractivity contribution is 0.836. The lowest BCUT2D eigenvalue weighted by Gasteiger charge is -1.97. The third kappa shape index (κ3) is 1.45. The lowest BCUT2D eigenvalue weighted by Crippen LogP contribution is -1.99. The Balaban J connectivity index is 2.39. The van der Waals surface area contributed by atoms with Crippen molar-refractivity contribution in [3.05, 3.63) is 36.0 Å². The second-order valence-electron chi connectivity index (χ2n) is 2.83. The van der Waals surface area contributed by atoms with E-state index in [9.17, 15) is 0 Å². The fourth-order valence-electron chi connectivity index (χ4n) is 1.04. The fraction of sp³-hybridized carbons (Fsp3) is 0.111. The van der Waals surface area contributed by atoms with E-state index in [0.717, 1.165) is 5.56 Å². The molecule has 5 heteroatoms. The molecule has 2 aromatic heterocycles. The molecular formula is C9H7N5.